The number of ether oxygens (including phenoxy) is 2. The van der Waals surface area contributed by atoms with E-state index in [0.717, 1.165) is 17.1 Å². The van der Waals surface area contributed by atoms with Gasteiger partial charge in [-0.1, -0.05) is 12.1 Å². The Hall–Kier alpha value is -1.91. The van der Waals surface area contributed by atoms with Crippen LogP contribution in [-0.4, -0.2) is 19.4 Å². The molecule has 0 aromatic heterocycles. The average molecular weight is 206 g/mol. The van der Waals surface area contributed by atoms with Crippen molar-refractivity contribution in [2.45, 2.75) is 6.04 Å². The van der Waals surface area contributed by atoms with E-state index < -0.39 is 0 Å². The number of hydrogen-bond donors (Lipinski definition) is 2. The predicted molar refractivity (Wildman–Crippen MR) is 51.8 cm³/mol. The maximum Gasteiger partial charge on any atom is 0.315 e. The molecule has 0 aliphatic carbocycles. The van der Waals surface area contributed by atoms with Gasteiger partial charge >= 0.3 is 6.03 Å². The summed E-state index contributed by atoms with van der Waals surface area (Å²) in [7, 11) is 0. The summed E-state index contributed by atoms with van der Waals surface area (Å²) >= 11 is 0. The fraction of sp³-hybridized carbons (Fsp3) is 0.300. The number of urea groups is 1. The zero-order valence-electron chi connectivity index (χ0n) is 7.95. The largest absolute Gasteiger partial charge is 0.454 e. The molecule has 1 saturated heterocycles. The van der Waals surface area contributed by atoms with E-state index in [9.17, 15) is 4.79 Å². The van der Waals surface area contributed by atoms with Crippen LogP contribution in [0, 0.1) is 0 Å². The lowest BCUT2D eigenvalue weighted by Crippen LogP contribution is -2.21. The van der Waals surface area contributed by atoms with E-state index in [2.05, 4.69) is 10.6 Å². The lowest BCUT2D eigenvalue weighted by molar-refractivity contribution is 0.173. The Balaban J connectivity index is 1.98. The maximum absolute atomic E-state index is 11.0. The molecular formula is C10H10N2O3. The summed E-state index contributed by atoms with van der Waals surface area (Å²) in [5.41, 5.74) is 0.961. The van der Waals surface area contributed by atoms with Gasteiger partial charge in [0.1, 0.15) is 0 Å². The predicted octanol–water partition coefficient (Wildman–Crippen LogP) is 0.769. The number of carbonyl (C=O) groups is 1. The van der Waals surface area contributed by atoms with E-state index in [4.69, 9.17) is 9.47 Å². The van der Waals surface area contributed by atoms with Crippen molar-refractivity contribution in [1.29, 1.82) is 0 Å². The molecule has 3 rings (SSSR count). The molecule has 5 heteroatoms. The topological polar surface area (TPSA) is 59.6 Å². The van der Waals surface area contributed by atoms with Gasteiger partial charge in [-0.15, -0.1) is 0 Å². The number of carbonyl (C=O) groups excluding carboxylic acids is 1. The van der Waals surface area contributed by atoms with Crippen LogP contribution in [0.2, 0.25) is 0 Å². The number of nitrogens with one attached hydrogen (secondary N) is 2. The highest BCUT2D eigenvalue weighted by Crippen LogP contribution is 2.38. The summed E-state index contributed by atoms with van der Waals surface area (Å²) < 4.78 is 10.6. The zero-order valence-corrected chi connectivity index (χ0v) is 7.95. The number of amides is 2. The first kappa shape index (κ1) is 8.40. The minimum atomic E-state index is -0.142. The zero-order chi connectivity index (χ0) is 10.3. The molecule has 1 fully saturated rings. The second-order valence-electron chi connectivity index (χ2n) is 3.49. The highest BCUT2D eigenvalue weighted by molar-refractivity contribution is 5.77. The third kappa shape index (κ3) is 1.27. The lowest BCUT2D eigenvalue weighted by Gasteiger charge is -2.11. The van der Waals surface area contributed by atoms with Crippen LogP contribution >= 0.6 is 0 Å². The highest BCUT2D eigenvalue weighted by atomic mass is 16.7. The number of para-hydroxylation sites is 1. The summed E-state index contributed by atoms with van der Waals surface area (Å²) in [5, 5.41) is 5.53. The molecule has 0 radical (unpaired) electrons. The summed E-state index contributed by atoms with van der Waals surface area (Å²) in [5.74, 6) is 1.49. The Morgan fingerprint density at radius 2 is 2.27 bits per heavy atom. The second kappa shape index (κ2) is 3.05. The van der Waals surface area contributed by atoms with Gasteiger partial charge in [0.15, 0.2) is 11.5 Å². The van der Waals surface area contributed by atoms with Crippen LogP contribution in [0.1, 0.15) is 11.6 Å². The van der Waals surface area contributed by atoms with Gasteiger partial charge < -0.3 is 20.1 Å². The smallest absolute Gasteiger partial charge is 0.315 e. The van der Waals surface area contributed by atoms with Crippen molar-refractivity contribution in [2.24, 2.45) is 0 Å². The molecule has 2 amide bonds. The summed E-state index contributed by atoms with van der Waals surface area (Å²) in [4.78, 5) is 11.0. The molecule has 0 unspecified atom stereocenters. The SMILES string of the molecule is O=C1NC[C@@H](c2cccc3c2OCO3)N1. The van der Waals surface area contributed by atoms with Gasteiger partial charge in [0.2, 0.25) is 6.79 Å². The van der Waals surface area contributed by atoms with Crippen molar-refractivity contribution in [3.63, 3.8) is 0 Å². The molecule has 1 atom stereocenters. The number of benzene rings is 1. The van der Waals surface area contributed by atoms with E-state index in [1.165, 1.54) is 0 Å². The Morgan fingerprint density at radius 1 is 1.33 bits per heavy atom. The minimum absolute atomic E-state index is 0.0332. The van der Waals surface area contributed by atoms with Crippen molar-refractivity contribution < 1.29 is 14.3 Å². The molecule has 2 N–H and O–H groups in total. The van der Waals surface area contributed by atoms with E-state index >= 15 is 0 Å². The van der Waals surface area contributed by atoms with Gasteiger partial charge in [-0.05, 0) is 6.07 Å². The molecule has 2 heterocycles. The highest BCUT2D eigenvalue weighted by Gasteiger charge is 2.27. The first-order valence-corrected chi connectivity index (χ1v) is 4.77. The van der Waals surface area contributed by atoms with Gasteiger partial charge in [0.05, 0.1) is 6.04 Å². The van der Waals surface area contributed by atoms with E-state index in [0.29, 0.717) is 6.54 Å². The van der Waals surface area contributed by atoms with Gasteiger partial charge in [-0.3, -0.25) is 0 Å². The van der Waals surface area contributed by atoms with E-state index in [-0.39, 0.29) is 18.9 Å². The molecule has 0 bridgehead atoms. The van der Waals surface area contributed by atoms with Crippen molar-refractivity contribution in [3.8, 4) is 11.5 Å². The Labute approximate surface area is 86.4 Å². The summed E-state index contributed by atoms with van der Waals surface area (Å²) in [6.07, 6.45) is 0. The number of fused-ring (bicyclic) bond motifs is 1. The Kier molecular flexibility index (Phi) is 1.71. The molecule has 2 aliphatic rings. The van der Waals surface area contributed by atoms with Crippen molar-refractivity contribution >= 4 is 6.03 Å². The molecule has 0 saturated carbocycles. The monoisotopic (exact) mass is 206 g/mol. The molecule has 1 aromatic carbocycles. The van der Waals surface area contributed by atoms with Crippen LogP contribution in [0.3, 0.4) is 0 Å². The van der Waals surface area contributed by atoms with Crippen LogP contribution in [0.25, 0.3) is 0 Å². The minimum Gasteiger partial charge on any atom is -0.454 e. The van der Waals surface area contributed by atoms with Gasteiger partial charge in [-0.2, -0.15) is 0 Å². The van der Waals surface area contributed by atoms with Gasteiger partial charge in [0.25, 0.3) is 0 Å². The lowest BCUT2D eigenvalue weighted by atomic mass is 10.1. The fourth-order valence-electron chi connectivity index (χ4n) is 1.87. The third-order valence-electron chi connectivity index (χ3n) is 2.57. The van der Waals surface area contributed by atoms with Crippen LogP contribution in [-0.2, 0) is 0 Å². The molecule has 0 spiro atoms. The van der Waals surface area contributed by atoms with E-state index in [1.54, 1.807) is 0 Å². The second-order valence-corrected chi connectivity index (χ2v) is 3.49. The van der Waals surface area contributed by atoms with Crippen molar-refractivity contribution in [3.05, 3.63) is 23.8 Å². The number of rotatable bonds is 1. The first-order valence-electron chi connectivity index (χ1n) is 4.77. The van der Waals surface area contributed by atoms with Gasteiger partial charge in [-0.25, -0.2) is 4.79 Å². The van der Waals surface area contributed by atoms with Crippen LogP contribution in [0.5, 0.6) is 11.5 Å². The maximum atomic E-state index is 11.0. The van der Waals surface area contributed by atoms with Crippen molar-refractivity contribution in [1.82, 2.24) is 10.6 Å². The van der Waals surface area contributed by atoms with Gasteiger partial charge in [0, 0.05) is 12.1 Å². The van der Waals surface area contributed by atoms with Crippen molar-refractivity contribution in [2.75, 3.05) is 13.3 Å². The molecule has 1 aromatic rings. The Morgan fingerprint density at radius 3 is 3.07 bits per heavy atom. The molecule has 78 valence electrons. The normalized spacial score (nSPS) is 22.4. The molecule has 5 nitrogen and oxygen atoms in total. The standard InChI is InChI=1S/C10H10N2O3/c13-10-11-4-7(12-10)6-2-1-3-8-9(6)15-5-14-8/h1-3,7H,4-5H2,(H2,11,12,13)/t7-/m0/s1. The van der Waals surface area contributed by atoms with Crippen LogP contribution in [0.4, 0.5) is 4.79 Å². The fourth-order valence-corrected chi connectivity index (χ4v) is 1.87. The first-order chi connectivity index (χ1) is 7.34. The molecule has 15 heavy (non-hydrogen) atoms. The van der Waals surface area contributed by atoms with E-state index in [1.807, 2.05) is 18.2 Å². The molecular weight excluding hydrogens is 196 g/mol. The Bertz CT molecular complexity index is 419. The quantitative estimate of drug-likeness (QED) is 0.713. The van der Waals surface area contributed by atoms with Crippen LogP contribution < -0.4 is 20.1 Å². The summed E-state index contributed by atoms with van der Waals surface area (Å²) in [6, 6.07) is 5.51. The third-order valence-corrected chi connectivity index (χ3v) is 2.57. The number of hydrogen-bond acceptors (Lipinski definition) is 3. The average Bonchev–Trinajstić information content (AvgIpc) is 2.84. The van der Waals surface area contributed by atoms with Crippen LogP contribution in [0.15, 0.2) is 18.2 Å². The summed E-state index contributed by atoms with van der Waals surface area (Å²) in [6.45, 7) is 0.832. The molecule has 2 aliphatic heterocycles.